The number of H-pyrrole nitrogens is 2. The van der Waals surface area contributed by atoms with Crippen LogP contribution < -0.4 is 0 Å². The number of nitrogens with one attached hydrogen (secondary N) is 2. The van der Waals surface area contributed by atoms with Crippen LogP contribution in [-0.4, -0.2) is 30.8 Å². The third-order valence-electron chi connectivity index (χ3n) is 4.66. The van der Waals surface area contributed by atoms with Gasteiger partial charge in [-0.05, 0) is 0 Å². The zero-order valence-electron chi connectivity index (χ0n) is 16.1. The van der Waals surface area contributed by atoms with Gasteiger partial charge in [-0.3, -0.25) is 0 Å². The monoisotopic (exact) mass is 524 g/mol. The Hall–Kier alpha value is -2.60. The fraction of sp³-hybridized carbons (Fsp3) is 0. The van der Waals surface area contributed by atoms with Gasteiger partial charge in [0.2, 0.25) is 0 Å². The third kappa shape index (κ3) is 5.37. The van der Waals surface area contributed by atoms with E-state index in [4.69, 9.17) is 17.0 Å². The molecule has 0 spiro atoms. The number of fused-ring (bicyclic) bond motifs is 2. The number of aromatic nitrogens is 6. The fourth-order valence-corrected chi connectivity index (χ4v) is 3.28. The van der Waals surface area contributed by atoms with Crippen LogP contribution in [0, 0.1) is 0 Å². The van der Waals surface area contributed by atoms with E-state index in [1.165, 1.54) is 21.5 Å². The van der Waals surface area contributed by atoms with Gasteiger partial charge in [-0.15, -0.1) is 69.1 Å². The number of aromatic amines is 2. The predicted octanol–water partition coefficient (Wildman–Crippen LogP) is 6.06. The molecule has 0 amide bonds. The van der Waals surface area contributed by atoms with Crippen LogP contribution >= 0.6 is 17.0 Å². The standard InChI is InChI=1S/2C11H8N3.2ClH.Zr/c2*1-2-4-9-6-10(5-8(9)3-1)11-7-12-14-13-11;;;/h2*1-7H,(H,12,13,14);2*1H;/q2*-1;;;+4/p-2. The molecule has 2 aromatic heterocycles. The summed E-state index contributed by atoms with van der Waals surface area (Å²) in [6, 6.07) is 25.0. The van der Waals surface area contributed by atoms with Gasteiger partial charge in [0.25, 0.3) is 0 Å². The number of benzene rings is 2. The molecule has 9 heteroatoms. The van der Waals surface area contributed by atoms with Crippen molar-refractivity contribution in [2.24, 2.45) is 0 Å². The minimum Gasteiger partial charge on any atom is -0.206 e. The largest absolute Gasteiger partial charge is 0.206 e. The number of nitrogens with zero attached hydrogens (tertiary/aromatic N) is 4. The van der Waals surface area contributed by atoms with Gasteiger partial charge in [0.15, 0.2) is 0 Å². The van der Waals surface area contributed by atoms with Crippen LogP contribution in [0.3, 0.4) is 0 Å². The van der Waals surface area contributed by atoms with Crippen molar-refractivity contribution in [1.29, 1.82) is 0 Å². The van der Waals surface area contributed by atoms with E-state index in [-0.39, 0.29) is 0 Å². The van der Waals surface area contributed by atoms with Crippen molar-refractivity contribution < 1.29 is 20.8 Å². The molecule has 0 radical (unpaired) electrons. The second-order valence-corrected chi connectivity index (χ2v) is 10.3. The van der Waals surface area contributed by atoms with E-state index in [2.05, 4.69) is 79.4 Å². The van der Waals surface area contributed by atoms with Crippen molar-refractivity contribution in [2.45, 2.75) is 0 Å². The average Bonchev–Trinajstić information content (AvgIpc) is 3.60. The van der Waals surface area contributed by atoms with E-state index >= 15 is 0 Å². The van der Waals surface area contributed by atoms with Gasteiger partial charge >= 0.3 is 37.9 Å². The Kier molecular flexibility index (Phi) is 7.41. The van der Waals surface area contributed by atoms with E-state index in [1.807, 2.05) is 24.3 Å². The minimum absolute atomic E-state index is 0.826. The smallest absolute Gasteiger partial charge is 0.0461 e. The van der Waals surface area contributed by atoms with Crippen LogP contribution in [-0.2, 0) is 20.8 Å². The number of hydrogen-bond acceptors (Lipinski definition) is 4. The Bertz CT molecular complexity index is 1170. The van der Waals surface area contributed by atoms with Crippen LogP contribution in [0.1, 0.15) is 0 Å². The molecule has 6 rings (SSSR count). The van der Waals surface area contributed by atoms with Crippen LogP contribution in [0.4, 0.5) is 0 Å². The molecular formula is C22H16Cl2N6Zr. The molecule has 0 bridgehead atoms. The van der Waals surface area contributed by atoms with Gasteiger partial charge in [0, 0.05) is 23.8 Å². The summed E-state index contributed by atoms with van der Waals surface area (Å²) in [4.78, 5) is 0. The molecule has 31 heavy (non-hydrogen) atoms. The van der Waals surface area contributed by atoms with Crippen molar-refractivity contribution in [3.8, 4) is 22.5 Å². The molecule has 0 fully saturated rings. The summed E-state index contributed by atoms with van der Waals surface area (Å²) in [5.74, 6) is 0. The van der Waals surface area contributed by atoms with Crippen molar-refractivity contribution in [3.63, 3.8) is 0 Å². The van der Waals surface area contributed by atoms with Crippen molar-refractivity contribution in [2.75, 3.05) is 0 Å². The van der Waals surface area contributed by atoms with E-state index in [0.717, 1.165) is 22.5 Å². The Morgan fingerprint density at radius 2 is 1.10 bits per heavy atom. The maximum absolute atomic E-state index is 4.93. The first kappa shape index (κ1) is 21.6. The number of hydrogen-bond donors (Lipinski definition) is 2. The van der Waals surface area contributed by atoms with E-state index in [9.17, 15) is 0 Å². The summed E-state index contributed by atoms with van der Waals surface area (Å²) in [5, 5.41) is 25.9. The zero-order chi connectivity index (χ0) is 21.5. The second kappa shape index (κ2) is 10.6. The van der Waals surface area contributed by atoms with E-state index in [1.54, 1.807) is 12.4 Å². The SMILES string of the molecule is [Cl][Zr+2][Cl].c1ccc2[cH-]c(-c3cn[nH]n3)cc2c1.c1ccc2[cH-]c(-c3cn[nH]n3)cc2c1. The molecular weight excluding hydrogens is 510 g/mol. The molecule has 2 heterocycles. The Labute approximate surface area is 197 Å². The Balaban J connectivity index is 0.000000133. The molecule has 6 nitrogen and oxygen atoms in total. The van der Waals surface area contributed by atoms with Crippen LogP contribution in [0.5, 0.6) is 0 Å². The van der Waals surface area contributed by atoms with E-state index < -0.39 is 20.8 Å². The summed E-state index contributed by atoms with van der Waals surface area (Å²) >= 11 is -0.826. The molecule has 0 unspecified atom stereocenters. The molecule has 0 saturated heterocycles. The quantitative estimate of drug-likeness (QED) is 0.269. The third-order valence-corrected chi connectivity index (χ3v) is 4.66. The maximum Gasteiger partial charge on any atom is 0.0461 e. The van der Waals surface area contributed by atoms with Crippen LogP contribution in [0.2, 0.25) is 0 Å². The summed E-state index contributed by atoms with van der Waals surface area (Å²) in [6.45, 7) is 0. The van der Waals surface area contributed by atoms with Gasteiger partial charge in [-0.25, -0.2) is 10.4 Å². The van der Waals surface area contributed by atoms with Crippen molar-refractivity contribution in [3.05, 3.63) is 85.2 Å². The van der Waals surface area contributed by atoms with Gasteiger partial charge < -0.3 is 0 Å². The minimum atomic E-state index is -0.826. The summed E-state index contributed by atoms with van der Waals surface area (Å²) < 4.78 is 0. The molecule has 152 valence electrons. The zero-order valence-corrected chi connectivity index (χ0v) is 20.1. The van der Waals surface area contributed by atoms with Crippen molar-refractivity contribution in [1.82, 2.24) is 30.8 Å². The molecule has 0 aliphatic carbocycles. The van der Waals surface area contributed by atoms with Crippen molar-refractivity contribution >= 4 is 38.6 Å². The van der Waals surface area contributed by atoms with E-state index in [0.29, 0.717) is 0 Å². The van der Waals surface area contributed by atoms with Gasteiger partial charge in [0.05, 0.1) is 0 Å². The first-order chi connectivity index (χ1) is 15.3. The molecule has 0 atom stereocenters. The van der Waals surface area contributed by atoms with Crippen LogP contribution in [0.25, 0.3) is 44.1 Å². The topological polar surface area (TPSA) is 83.1 Å². The molecule has 0 saturated carbocycles. The Morgan fingerprint density at radius 1 is 0.677 bits per heavy atom. The molecule has 0 aliphatic heterocycles. The summed E-state index contributed by atoms with van der Waals surface area (Å²) in [6.07, 6.45) is 3.46. The summed E-state index contributed by atoms with van der Waals surface area (Å²) in [7, 11) is 9.87. The van der Waals surface area contributed by atoms with Gasteiger partial charge in [-0.2, -0.15) is 20.4 Å². The number of rotatable bonds is 2. The average molecular weight is 527 g/mol. The fourth-order valence-electron chi connectivity index (χ4n) is 3.28. The first-order valence-electron chi connectivity index (χ1n) is 9.28. The van der Waals surface area contributed by atoms with Crippen LogP contribution in [0.15, 0.2) is 85.2 Å². The maximum atomic E-state index is 4.93. The molecule has 6 aromatic rings. The Morgan fingerprint density at radius 3 is 1.45 bits per heavy atom. The molecule has 2 N–H and O–H groups in total. The molecule has 0 aliphatic rings. The number of halogens is 2. The normalized spacial score (nSPS) is 10.1. The van der Waals surface area contributed by atoms with Gasteiger partial charge in [-0.1, -0.05) is 36.4 Å². The molecule has 4 aromatic carbocycles. The summed E-state index contributed by atoms with van der Waals surface area (Å²) in [5.41, 5.74) is 4.00. The second-order valence-electron chi connectivity index (χ2n) is 6.53. The first-order valence-corrected chi connectivity index (χ1v) is 15.6. The predicted molar refractivity (Wildman–Crippen MR) is 122 cm³/mol. The van der Waals surface area contributed by atoms with Gasteiger partial charge in [0.1, 0.15) is 0 Å².